The Kier molecular flexibility index (Phi) is 7.43. The van der Waals surface area contributed by atoms with E-state index >= 15 is 0 Å². The van der Waals surface area contributed by atoms with Gasteiger partial charge in [-0.3, -0.25) is 4.79 Å². The van der Waals surface area contributed by atoms with Crippen molar-refractivity contribution in [3.63, 3.8) is 0 Å². The Bertz CT molecular complexity index is 1340. The van der Waals surface area contributed by atoms with Crippen molar-refractivity contribution in [3.8, 4) is 5.69 Å². The molecule has 1 aromatic carbocycles. The molecule has 12 heteroatoms. The molecule has 2 aromatic heterocycles. The largest absolute Gasteiger partial charge is 0.352 e. The van der Waals surface area contributed by atoms with E-state index in [0.717, 1.165) is 47.4 Å². The van der Waals surface area contributed by atoms with Crippen LogP contribution in [0.15, 0.2) is 40.7 Å². The average Bonchev–Trinajstić information content (AvgIpc) is 3.32. The van der Waals surface area contributed by atoms with E-state index in [4.69, 9.17) is 46.4 Å². The number of sulfone groups is 1. The van der Waals surface area contributed by atoms with Crippen molar-refractivity contribution in [2.45, 2.75) is 23.5 Å². The second kappa shape index (κ2) is 9.98. The van der Waals surface area contributed by atoms with Crippen LogP contribution in [0.5, 0.6) is 0 Å². The van der Waals surface area contributed by atoms with Gasteiger partial charge in [0.1, 0.15) is 14.3 Å². The number of hydrogen-bond acceptors (Lipinski definition) is 5. The molecule has 0 bridgehead atoms. The third-order valence-electron chi connectivity index (χ3n) is 5.08. The SMILES string of the molecule is O=C(CS(=O)(=O)c1cc(Cl)c(Cl)s1)NC/C=C1\CCCc2cnn(-c3ccc(Cl)cc3Cl)c21. The van der Waals surface area contributed by atoms with Gasteiger partial charge in [0.2, 0.25) is 5.91 Å². The number of halogens is 4. The first-order chi connectivity index (χ1) is 15.7. The van der Waals surface area contributed by atoms with E-state index in [1.54, 1.807) is 22.9 Å². The van der Waals surface area contributed by atoms with Gasteiger partial charge in [-0.25, -0.2) is 13.1 Å². The van der Waals surface area contributed by atoms with E-state index in [2.05, 4.69) is 10.4 Å². The number of aryl methyl sites for hydroxylation is 1. The molecule has 0 fully saturated rings. The number of amides is 1. The summed E-state index contributed by atoms with van der Waals surface area (Å²) in [6.07, 6.45) is 6.32. The molecule has 0 unspecified atom stereocenters. The third kappa shape index (κ3) is 5.42. The summed E-state index contributed by atoms with van der Waals surface area (Å²) in [4.78, 5) is 12.3. The Balaban J connectivity index is 1.49. The summed E-state index contributed by atoms with van der Waals surface area (Å²) in [7, 11) is -3.83. The van der Waals surface area contributed by atoms with Gasteiger partial charge in [0.25, 0.3) is 0 Å². The molecule has 1 aliphatic carbocycles. The predicted octanol–water partition coefficient (Wildman–Crippen LogP) is 5.86. The number of nitrogens with one attached hydrogen (secondary N) is 1. The number of benzene rings is 1. The van der Waals surface area contributed by atoms with Crippen LogP contribution in [0.25, 0.3) is 11.3 Å². The molecule has 0 aliphatic heterocycles. The van der Waals surface area contributed by atoms with Gasteiger partial charge in [-0.05, 0) is 54.7 Å². The lowest BCUT2D eigenvalue weighted by Gasteiger charge is -2.18. The molecule has 0 spiro atoms. The maximum atomic E-state index is 12.4. The molecule has 4 rings (SSSR count). The second-order valence-corrected chi connectivity index (χ2v) is 12.5. The van der Waals surface area contributed by atoms with Gasteiger partial charge in [-0.15, -0.1) is 11.3 Å². The molecule has 33 heavy (non-hydrogen) atoms. The summed E-state index contributed by atoms with van der Waals surface area (Å²) >= 11 is 24.9. The number of aromatic nitrogens is 2. The Labute approximate surface area is 215 Å². The van der Waals surface area contributed by atoms with E-state index in [1.807, 2.05) is 12.3 Å². The van der Waals surface area contributed by atoms with Crippen molar-refractivity contribution in [3.05, 3.63) is 67.2 Å². The molecule has 6 nitrogen and oxygen atoms in total. The van der Waals surface area contributed by atoms with E-state index in [-0.39, 0.29) is 20.1 Å². The predicted molar refractivity (Wildman–Crippen MR) is 134 cm³/mol. The maximum Gasteiger partial charge on any atom is 0.235 e. The highest BCUT2D eigenvalue weighted by atomic mass is 35.5. The van der Waals surface area contributed by atoms with Crippen molar-refractivity contribution < 1.29 is 13.2 Å². The van der Waals surface area contributed by atoms with Gasteiger partial charge >= 0.3 is 0 Å². The first kappa shape index (κ1) is 24.6. The lowest BCUT2D eigenvalue weighted by atomic mass is 9.92. The van der Waals surface area contributed by atoms with Gasteiger partial charge in [0.15, 0.2) is 9.84 Å². The molecule has 2 heterocycles. The molecule has 1 N–H and O–H groups in total. The van der Waals surface area contributed by atoms with Gasteiger partial charge < -0.3 is 5.32 Å². The maximum absolute atomic E-state index is 12.4. The minimum Gasteiger partial charge on any atom is -0.352 e. The molecule has 1 amide bonds. The van der Waals surface area contributed by atoms with E-state index in [9.17, 15) is 13.2 Å². The van der Waals surface area contributed by atoms with Crippen molar-refractivity contribution >= 4 is 79.1 Å². The first-order valence-corrected chi connectivity index (χ1v) is 13.8. The van der Waals surface area contributed by atoms with Crippen LogP contribution < -0.4 is 5.32 Å². The zero-order valence-electron chi connectivity index (χ0n) is 16.9. The first-order valence-electron chi connectivity index (χ1n) is 9.82. The number of allylic oxidation sites excluding steroid dienone is 1. The van der Waals surface area contributed by atoms with Crippen molar-refractivity contribution in [1.29, 1.82) is 0 Å². The zero-order valence-corrected chi connectivity index (χ0v) is 21.6. The molecule has 3 aromatic rings. The second-order valence-electron chi connectivity index (χ2n) is 7.36. The molecule has 0 saturated heterocycles. The van der Waals surface area contributed by atoms with Gasteiger partial charge in [-0.2, -0.15) is 5.10 Å². The minimum absolute atomic E-state index is 0.0355. The summed E-state index contributed by atoms with van der Waals surface area (Å²) in [5.41, 5.74) is 3.72. The minimum atomic E-state index is -3.83. The third-order valence-corrected chi connectivity index (χ3v) is 9.66. The van der Waals surface area contributed by atoms with Crippen molar-refractivity contribution in [2.24, 2.45) is 0 Å². The number of hydrogen-bond donors (Lipinski definition) is 1. The Morgan fingerprint density at radius 2 is 1.94 bits per heavy atom. The van der Waals surface area contributed by atoms with Crippen LogP contribution in [-0.2, 0) is 21.1 Å². The number of nitrogens with zero attached hydrogens (tertiary/aromatic N) is 2. The standard InChI is InChI=1S/C21H17Cl4N3O3S2/c22-14-4-5-17(15(23)8-14)28-20-12(2-1-3-13(20)10-27-28)6-7-26-18(29)11-33(30,31)19-9-16(24)21(25)32-19/h4-6,8-10H,1-3,7,11H2,(H,26,29)/b12-6+. The van der Waals surface area contributed by atoms with E-state index < -0.39 is 21.5 Å². The highest BCUT2D eigenvalue weighted by Gasteiger charge is 2.24. The van der Waals surface area contributed by atoms with Crippen LogP contribution in [-0.4, -0.2) is 36.4 Å². The number of fused-ring (bicyclic) bond motifs is 1. The van der Waals surface area contributed by atoms with Crippen LogP contribution >= 0.6 is 57.7 Å². The van der Waals surface area contributed by atoms with Gasteiger partial charge in [0.05, 0.1) is 27.6 Å². The van der Waals surface area contributed by atoms with Gasteiger partial charge in [0, 0.05) is 11.6 Å². The van der Waals surface area contributed by atoms with Crippen LogP contribution in [0.4, 0.5) is 0 Å². The molecule has 174 valence electrons. The topological polar surface area (TPSA) is 81.1 Å². The van der Waals surface area contributed by atoms with E-state index in [0.29, 0.717) is 15.7 Å². The molecule has 0 radical (unpaired) electrons. The van der Waals surface area contributed by atoms with Crippen molar-refractivity contribution in [2.75, 3.05) is 12.3 Å². The normalized spacial score (nSPS) is 15.0. The smallest absolute Gasteiger partial charge is 0.235 e. The number of carbonyl (C=O) groups is 1. The number of rotatable bonds is 6. The lowest BCUT2D eigenvalue weighted by molar-refractivity contribution is -0.118. The zero-order chi connectivity index (χ0) is 23.8. The summed E-state index contributed by atoms with van der Waals surface area (Å²) in [5.74, 6) is -1.30. The monoisotopic (exact) mass is 563 g/mol. The van der Waals surface area contributed by atoms with Crippen LogP contribution in [0.2, 0.25) is 19.4 Å². The lowest BCUT2D eigenvalue weighted by Crippen LogP contribution is -2.30. The highest BCUT2D eigenvalue weighted by molar-refractivity contribution is 7.94. The highest BCUT2D eigenvalue weighted by Crippen LogP contribution is 2.35. The number of carbonyl (C=O) groups excluding carboxylic acids is 1. The van der Waals surface area contributed by atoms with Crippen LogP contribution in [0.1, 0.15) is 24.1 Å². The molecule has 0 atom stereocenters. The molecule has 0 saturated carbocycles. The summed E-state index contributed by atoms with van der Waals surface area (Å²) < 4.78 is 26.8. The molecule has 1 aliphatic rings. The quantitative estimate of drug-likeness (QED) is 0.407. The van der Waals surface area contributed by atoms with Crippen LogP contribution in [0, 0.1) is 0 Å². The average molecular weight is 565 g/mol. The van der Waals surface area contributed by atoms with Crippen molar-refractivity contribution in [1.82, 2.24) is 15.1 Å². The Morgan fingerprint density at radius 3 is 2.64 bits per heavy atom. The summed E-state index contributed by atoms with van der Waals surface area (Å²) in [6.45, 7) is 0.175. The fourth-order valence-corrected chi connectivity index (χ4v) is 7.21. The molecular weight excluding hydrogens is 548 g/mol. The Morgan fingerprint density at radius 1 is 1.15 bits per heavy atom. The number of thiophene rings is 1. The summed E-state index contributed by atoms with van der Waals surface area (Å²) in [6, 6.07) is 6.47. The fraction of sp³-hybridized carbons (Fsp3) is 0.238. The van der Waals surface area contributed by atoms with Crippen LogP contribution in [0.3, 0.4) is 0 Å². The van der Waals surface area contributed by atoms with Gasteiger partial charge in [-0.1, -0.05) is 52.5 Å². The van der Waals surface area contributed by atoms with E-state index in [1.165, 1.54) is 6.07 Å². The fourth-order valence-electron chi connectivity index (χ4n) is 3.59. The molecular formula is C21H17Cl4N3O3S2. The Hall–Kier alpha value is -1.55. The summed E-state index contributed by atoms with van der Waals surface area (Å²) in [5, 5.41) is 8.31.